The van der Waals surface area contributed by atoms with Crippen LogP contribution in [0.3, 0.4) is 0 Å². The fourth-order valence-electron chi connectivity index (χ4n) is 8.82. The molecule has 6 unspecified atom stereocenters. The number of nitro groups is 1. The number of nitrogens with one attached hydrogen (secondary N) is 1. The van der Waals surface area contributed by atoms with Crippen LogP contribution in [0.4, 0.5) is 17.1 Å². The normalized spacial score (nSPS) is 26.8. The van der Waals surface area contributed by atoms with Crippen LogP contribution in [0.5, 0.6) is 5.75 Å². The van der Waals surface area contributed by atoms with Crippen LogP contribution >= 0.6 is 11.6 Å². The average Bonchev–Trinajstić information content (AvgIpc) is 3.50. The van der Waals surface area contributed by atoms with Crippen LogP contribution in [-0.4, -0.2) is 38.7 Å². The zero-order valence-electron chi connectivity index (χ0n) is 27.2. The smallest absolute Gasteiger partial charge is 0.269 e. The number of phenols is 1. The van der Waals surface area contributed by atoms with E-state index in [2.05, 4.69) is 5.43 Å². The topological polar surface area (TPSA) is 150 Å². The molecule has 12 heteroatoms. The highest BCUT2D eigenvalue weighted by Crippen LogP contribution is 2.64. The summed E-state index contributed by atoms with van der Waals surface area (Å²) in [5.41, 5.74) is 4.96. The molecular formula is C39H31ClN4O7. The third-order valence-corrected chi connectivity index (χ3v) is 11.3. The highest BCUT2D eigenvalue weighted by molar-refractivity contribution is 6.31. The van der Waals surface area contributed by atoms with Crippen molar-refractivity contribution in [3.8, 4) is 5.75 Å². The summed E-state index contributed by atoms with van der Waals surface area (Å²) in [6.07, 6.45) is 2.20. The average molecular weight is 703 g/mol. The molecule has 4 amide bonds. The molecule has 2 aliphatic carbocycles. The number of hydrazine groups is 1. The molecule has 11 nitrogen and oxygen atoms in total. The van der Waals surface area contributed by atoms with Gasteiger partial charge < -0.3 is 5.11 Å². The summed E-state index contributed by atoms with van der Waals surface area (Å²) in [4.78, 5) is 70.1. The number of fused-ring (bicyclic) bond motifs is 4. The fourth-order valence-corrected chi connectivity index (χ4v) is 9.10. The molecule has 2 saturated heterocycles. The Morgan fingerprint density at radius 2 is 1.59 bits per heavy atom. The summed E-state index contributed by atoms with van der Waals surface area (Å²) < 4.78 is 0. The zero-order chi connectivity index (χ0) is 35.8. The van der Waals surface area contributed by atoms with E-state index in [0.717, 1.165) is 15.5 Å². The van der Waals surface area contributed by atoms with Crippen molar-refractivity contribution in [2.24, 2.45) is 23.7 Å². The Hall–Kier alpha value is -5.81. The predicted molar refractivity (Wildman–Crippen MR) is 187 cm³/mol. The minimum absolute atomic E-state index is 0.0779. The molecule has 4 aromatic rings. The number of phenolic OH excluding ortho intramolecular Hbond substituents is 1. The molecule has 51 heavy (non-hydrogen) atoms. The largest absolute Gasteiger partial charge is 0.508 e. The van der Waals surface area contributed by atoms with Gasteiger partial charge in [0.2, 0.25) is 11.8 Å². The van der Waals surface area contributed by atoms with E-state index in [4.69, 9.17) is 11.6 Å². The first-order chi connectivity index (χ1) is 24.5. The third kappa shape index (κ3) is 4.79. The maximum Gasteiger partial charge on any atom is 0.269 e. The van der Waals surface area contributed by atoms with Gasteiger partial charge in [0.05, 0.1) is 39.5 Å². The Morgan fingerprint density at radius 3 is 2.25 bits per heavy atom. The van der Waals surface area contributed by atoms with E-state index in [1.54, 1.807) is 18.2 Å². The van der Waals surface area contributed by atoms with Gasteiger partial charge in [0.1, 0.15) is 5.75 Å². The lowest BCUT2D eigenvalue weighted by molar-refractivity contribution is -0.384. The van der Waals surface area contributed by atoms with Crippen molar-refractivity contribution in [3.63, 3.8) is 0 Å². The van der Waals surface area contributed by atoms with Gasteiger partial charge in [0.25, 0.3) is 17.5 Å². The Bertz CT molecular complexity index is 2170. The van der Waals surface area contributed by atoms with Crippen molar-refractivity contribution in [2.45, 2.75) is 31.1 Å². The molecule has 0 spiro atoms. The van der Waals surface area contributed by atoms with Crippen LogP contribution in [-0.2, 0) is 24.6 Å². The quantitative estimate of drug-likeness (QED) is 0.101. The Kier molecular flexibility index (Phi) is 7.57. The number of halogens is 1. The molecule has 0 aromatic heterocycles. The molecule has 6 atom stereocenters. The van der Waals surface area contributed by atoms with Gasteiger partial charge in [-0.3, -0.25) is 39.6 Å². The predicted octanol–water partition coefficient (Wildman–Crippen LogP) is 6.45. The third-order valence-electron chi connectivity index (χ3n) is 11.0. The zero-order valence-corrected chi connectivity index (χ0v) is 28.0. The van der Waals surface area contributed by atoms with Gasteiger partial charge >= 0.3 is 0 Å². The Labute approximate surface area is 297 Å². The maximum absolute atomic E-state index is 15.2. The van der Waals surface area contributed by atoms with E-state index in [1.165, 1.54) is 36.4 Å². The highest BCUT2D eigenvalue weighted by atomic mass is 35.5. The van der Waals surface area contributed by atoms with Gasteiger partial charge in [-0.15, -0.1) is 0 Å². The molecule has 0 radical (unpaired) electrons. The van der Waals surface area contributed by atoms with E-state index in [1.807, 2.05) is 55.5 Å². The first-order valence-electron chi connectivity index (χ1n) is 16.6. The molecule has 4 aromatic carbocycles. The number of hydrogen-bond donors (Lipinski definition) is 2. The number of rotatable bonds is 6. The van der Waals surface area contributed by atoms with Crippen molar-refractivity contribution < 1.29 is 29.2 Å². The minimum atomic E-state index is -1.50. The van der Waals surface area contributed by atoms with E-state index in [9.17, 15) is 29.6 Å². The fraction of sp³-hybridized carbons (Fsp3) is 0.231. The maximum atomic E-state index is 15.2. The van der Waals surface area contributed by atoms with Crippen molar-refractivity contribution in [2.75, 3.05) is 10.3 Å². The summed E-state index contributed by atoms with van der Waals surface area (Å²) in [6.45, 7) is 1.93. The molecule has 4 aliphatic rings. The summed E-state index contributed by atoms with van der Waals surface area (Å²) in [5, 5.41) is 22.9. The van der Waals surface area contributed by atoms with Gasteiger partial charge in [0, 0.05) is 23.1 Å². The number of non-ortho nitro benzene ring substituents is 1. The van der Waals surface area contributed by atoms with Crippen LogP contribution < -0.4 is 10.3 Å². The number of imide groups is 2. The Balaban J connectivity index is 1.30. The monoisotopic (exact) mass is 702 g/mol. The van der Waals surface area contributed by atoms with Crippen LogP contribution in [0.1, 0.15) is 35.4 Å². The van der Waals surface area contributed by atoms with Gasteiger partial charge in [-0.2, -0.15) is 5.01 Å². The standard InChI is InChI=1S/C39H31ClN4O7/c1-21-7-9-23(10-8-21)41-43-36(47)31-20-30-27(17-18-29-33(30)37(48)42(35(29)46)24-11-13-25(14-12-24)44(50)51)34(28-16-15-26(45)19-32(28)40)39(31,38(43)49)22-5-3-2-4-6-22/h2-17,19,29-31,33-34,41,45H,18,20H2,1H3. The molecular weight excluding hydrogens is 672 g/mol. The van der Waals surface area contributed by atoms with Crippen molar-refractivity contribution in [1.82, 2.24) is 5.01 Å². The molecule has 8 rings (SSSR count). The van der Waals surface area contributed by atoms with Gasteiger partial charge in [-0.1, -0.05) is 77.3 Å². The van der Waals surface area contributed by atoms with Crippen LogP contribution in [0.2, 0.25) is 5.02 Å². The van der Waals surface area contributed by atoms with Crippen molar-refractivity contribution in [1.29, 1.82) is 0 Å². The van der Waals surface area contributed by atoms with E-state index in [0.29, 0.717) is 22.4 Å². The minimum Gasteiger partial charge on any atom is -0.508 e. The van der Waals surface area contributed by atoms with Crippen LogP contribution in [0.25, 0.3) is 0 Å². The van der Waals surface area contributed by atoms with E-state index >= 15 is 4.79 Å². The summed E-state index contributed by atoms with van der Waals surface area (Å²) in [5.74, 6) is -5.99. The SMILES string of the molecule is Cc1ccc(NN2C(=O)C3CC4C(=CCC5C(=O)N(c6ccc([N+](=O)[O-])cc6)C(=O)C54)C(c4ccc(O)cc4Cl)C3(c3ccccc3)C2=O)cc1. The van der Waals surface area contributed by atoms with E-state index < -0.39 is 63.6 Å². The number of aromatic hydroxyl groups is 1. The summed E-state index contributed by atoms with van der Waals surface area (Å²) in [7, 11) is 0. The first kappa shape index (κ1) is 32.4. The lowest BCUT2D eigenvalue weighted by atomic mass is 9.49. The highest BCUT2D eigenvalue weighted by Gasteiger charge is 2.70. The Morgan fingerprint density at radius 1 is 0.882 bits per heavy atom. The second-order valence-corrected chi connectivity index (χ2v) is 14.0. The van der Waals surface area contributed by atoms with Gasteiger partial charge in [0.15, 0.2) is 0 Å². The summed E-state index contributed by atoms with van der Waals surface area (Å²) in [6, 6.07) is 26.2. The number of anilines is 2. The second-order valence-electron chi connectivity index (χ2n) is 13.6. The van der Waals surface area contributed by atoms with Crippen molar-refractivity contribution >= 4 is 52.3 Å². The van der Waals surface area contributed by atoms with Crippen LogP contribution in [0, 0.1) is 40.7 Å². The lowest BCUT2D eigenvalue weighted by Crippen LogP contribution is -2.53. The molecule has 256 valence electrons. The lowest BCUT2D eigenvalue weighted by Gasteiger charge is -2.50. The molecule has 2 aliphatic heterocycles. The second kappa shape index (κ2) is 11.9. The molecule has 0 bridgehead atoms. The van der Waals surface area contributed by atoms with Gasteiger partial charge in [-0.05, 0) is 73.2 Å². The number of benzene rings is 4. The van der Waals surface area contributed by atoms with Crippen molar-refractivity contribution in [3.05, 3.63) is 141 Å². The number of carbonyl (C=O) groups is 4. The number of amides is 4. The number of nitro benzene ring substituents is 1. The van der Waals surface area contributed by atoms with Gasteiger partial charge in [-0.25, -0.2) is 0 Å². The molecule has 3 fully saturated rings. The van der Waals surface area contributed by atoms with E-state index in [-0.39, 0.29) is 35.0 Å². The first-order valence-corrected chi connectivity index (χ1v) is 17.0. The molecule has 1 saturated carbocycles. The van der Waals surface area contributed by atoms with Crippen LogP contribution in [0.15, 0.2) is 109 Å². The number of aryl methyl sites for hydroxylation is 1. The number of nitrogens with zero attached hydrogens (tertiary/aromatic N) is 3. The molecule has 2 heterocycles. The molecule has 2 N–H and O–H groups in total. The number of hydrogen-bond acceptors (Lipinski definition) is 8. The number of allylic oxidation sites excluding steroid dienone is 2. The summed E-state index contributed by atoms with van der Waals surface area (Å²) >= 11 is 6.91. The number of carbonyl (C=O) groups excluding carboxylic acids is 4.